The third kappa shape index (κ3) is 3.91. The van der Waals surface area contributed by atoms with Gasteiger partial charge in [0.15, 0.2) is 0 Å². The van der Waals surface area contributed by atoms with Gasteiger partial charge in [-0.05, 0) is 30.2 Å². The Morgan fingerprint density at radius 3 is 2.60 bits per heavy atom. The van der Waals surface area contributed by atoms with E-state index in [1.54, 1.807) is 17.2 Å². The van der Waals surface area contributed by atoms with Crippen molar-refractivity contribution in [2.24, 2.45) is 0 Å². The average Bonchev–Trinajstić information content (AvgIpc) is 2.62. The van der Waals surface area contributed by atoms with Gasteiger partial charge in [0.1, 0.15) is 11.9 Å². The zero-order valence-corrected chi connectivity index (χ0v) is 14.3. The third-order valence-electron chi connectivity index (χ3n) is 4.63. The highest BCUT2D eigenvalue weighted by molar-refractivity contribution is 5.69. The number of pyridine rings is 1. The highest BCUT2D eigenvalue weighted by atomic mass is 16.6. The molecule has 0 aliphatic carbocycles. The minimum Gasteiger partial charge on any atom is -0.446 e. The van der Waals surface area contributed by atoms with Crippen LogP contribution in [-0.2, 0) is 4.74 Å². The Hall–Kier alpha value is -2.60. The van der Waals surface area contributed by atoms with Crippen LogP contribution in [0.3, 0.4) is 0 Å². The largest absolute Gasteiger partial charge is 0.446 e. The molecule has 3 N–H and O–H groups in total. The fourth-order valence-electron chi connectivity index (χ4n) is 3.05. The summed E-state index contributed by atoms with van der Waals surface area (Å²) in [5.41, 5.74) is 8.71. The number of rotatable bonds is 5. The summed E-state index contributed by atoms with van der Waals surface area (Å²) in [5, 5.41) is 8.98. The molecule has 2 aromatic rings. The van der Waals surface area contributed by atoms with Crippen LogP contribution < -0.4 is 5.73 Å². The molecule has 1 aliphatic rings. The molecule has 0 bridgehead atoms. The Kier molecular flexibility index (Phi) is 5.19. The van der Waals surface area contributed by atoms with E-state index < -0.39 is 0 Å². The van der Waals surface area contributed by atoms with Gasteiger partial charge in [-0.25, -0.2) is 9.78 Å². The number of anilines is 1. The summed E-state index contributed by atoms with van der Waals surface area (Å²) in [7, 11) is 0. The normalized spacial score (nSPS) is 18.7. The molecule has 2 heterocycles. The molecule has 1 amide bonds. The summed E-state index contributed by atoms with van der Waals surface area (Å²) < 4.78 is 5.39. The first-order valence-electron chi connectivity index (χ1n) is 8.48. The Morgan fingerprint density at radius 2 is 2.00 bits per heavy atom. The fraction of sp³-hybridized carbons (Fsp3) is 0.368. The smallest absolute Gasteiger partial charge is 0.410 e. The lowest BCUT2D eigenvalue weighted by Crippen LogP contribution is -2.43. The summed E-state index contributed by atoms with van der Waals surface area (Å²) in [5.74, 6) is 0.497. The maximum atomic E-state index is 12.2. The van der Waals surface area contributed by atoms with Crippen molar-refractivity contribution in [1.29, 1.82) is 0 Å². The number of carbonyl (C=O) groups excluding carboxylic acids is 1. The average molecular weight is 341 g/mol. The highest BCUT2D eigenvalue weighted by Gasteiger charge is 2.30. The van der Waals surface area contributed by atoms with Crippen molar-refractivity contribution in [3.05, 3.63) is 48.2 Å². The van der Waals surface area contributed by atoms with E-state index in [0.717, 1.165) is 23.1 Å². The number of nitrogens with two attached hydrogens (primary N) is 1. The number of benzene rings is 1. The van der Waals surface area contributed by atoms with Gasteiger partial charge in [0.2, 0.25) is 0 Å². The molecule has 1 aromatic heterocycles. The minimum absolute atomic E-state index is 0.0367. The summed E-state index contributed by atoms with van der Waals surface area (Å²) in [6, 6.07) is 11.7. The third-order valence-corrected chi connectivity index (χ3v) is 4.63. The molecule has 2 atom stereocenters. The molecule has 6 heteroatoms. The maximum Gasteiger partial charge on any atom is 0.410 e. The number of hydrogen-bond donors (Lipinski definition) is 2. The van der Waals surface area contributed by atoms with Crippen LogP contribution >= 0.6 is 0 Å². The molecule has 2 unspecified atom stereocenters. The molecule has 1 aliphatic heterocycles. The van der Waals surface area contributed by atoms with Crippen LogP contribution in [0, 0.1) is 0 Å². The first kappa shape index (κ1) is 17.2. The first-order chi connectivity index (χ1) is 12.1. The van der Waals surface area contributed by atoms with Crippen molar-refractivity contribution in [2.45, 2.75) is 31.9 Å². The predicted molar refractivity (Wildman–Crippen MR) is 95.8 cm³/mol. The molecule has 25 heavy (non-hydrogen) atoms. The van der Waals surface area contributed by atoms with Gasteiger partial charge in [-0.15, -0.1) is 0 Å². The topological polar surface area (TPSA) is 88.7 Å². The van der Waals surface area contributed by atoms with Crippen LogP contribution in [0.4, 0.5) is 10.6 Å². The number of carbonyl (C=O) groups is 1. The number of hydrogen-bond acceptors (Lipinski definition) is 5. The Bertz CT molecular complexity index is 716. The Balaban J connectivity index is 1.69. The first-order valence-corrected chi connectivity index (χ1v) is 8.48. The molecular weight excluding hydrogens is 318 g/mol. The quantitative estimate of drug-likeness (QED) is 0.873. The van der Waals surface area contributed by atoms with E-state index in [1.165, 1.54) is 0 Å². The van der Waals surface area contributed by atoms with E-state index in [-0.39, 0.29) is 24.8 Å². The molecular formula is C19H23N3O3. The molecule has 1 saturated heterocycles. The standard InChI is InChI=1S/C19H23N3O3/c1-13(22-10-8-17(9-11-23)25-19(22)24)14-2-4-15(5-3-14)16-6-7-18(20)21-12-16/h2-7,12-13,17,23H,8-11H2,1H3,(H2,20,21). The summed E-state index contributed by atoms with van der Waals surface area (Å²) in [6.45, 7) is 2.66. The van der Waals surface area contributed by atoms with Crippen molar-refractivity contribution >= 4 is 11.9 Å². The lowest BCUT2D eigenvalue weighted by Gasteiger charge is -2.35. The second-order valence-electron chi connectivity index (χ2n) is 6.27. The monoisotopic (exact) mass is 341 g/mol. The van der Waals surface area contributed by atoms with Crippen LogP contribution in [0.2, 0.25) is 0 Å². The lowest BCUT2D eigenvalue weighted by molar-refractivity contribution is 0.00401. The second-order valence-corrected chi connectivity index (χ2v) is 6.27. The van der Waals surface area contributed by atoms with Crippen molar-refractivity contribution in [3.63, 3.8) is 0 Å². The number of amides is 1. The number of aliphatic hydroxyl groups excluding tert-OH is 1. The van der Waals surface area contributed by atoms with Crippen LogP contribution in [0.5, 0.6) is 0 Å². The molecule has 1 aromatic carbocycles. The number of nitrogen functional groups attached to an aromatic ring is 1. The van der Waals surface area contributed by atoms with Gasteiger partial charge in [-0.3, -0.25) is 0 Å². The molecule has 0 saturated carbocycles. The molecule has 1 fully saturated rings. The second kappa shape index (κ2) is 7.53. The van der Waals surface area contributed by atoms with E-state index in [9.17, 15) is 4.79 Å². The van der Waals surface area contributed by atoms with Crippen molar-refractivity contribution in [1.82, 2.24) is 9.88 Å². The summed E-state index contributed by atoms with van der Waals surface area (Å²) in [4.78, 5) is 18.1. The zero-order chi connectivity index (χ0) is 17.8. The maximum absolute atomic E-state index is 12.2. The minimum atomic E-state index is -0.316. The number of cyclic esters (lactones) is 1. The van der Waals surface area contributed by atoms with E-state index in [1.807, 2.05) is 37.3 Å². The van der Waals surface area contributed by atoms with Crippen LogP contribution in [0.15, 0.2) is 42.6 Å². The molecule has 0 radical (unpaired) electrons. The number of ether oxygens (including phenoxy) is 1. The zero-order valence-electron chi connectivity index (χ0n) is 14.3. The van der Waals surface area contributed by atoms with E-state index in [2.05, 4.69) is 4.98 Å². The predicted octanol–water partition coefficient (Wildman–Crippen LogP) is 2.99. The number of nitrogens with zero attached hydrogens (tertiary/aromatic N) is 2. The van der Waals surface area contributed by atoms with E-state index in [0.29, 0.717) is 18.8 Å². The van der Waals surface area contributed by atoms with Gasteiger partial charge in [0.25, 0.3) is 0 Å². The molecule has 3 rings (SSSR count). The van der Waals surface area contributed by atoms with Crippen LogP contribution in [0.25, 0.3) is 11.1 Å². The van der Waals surface area contributed by atoms with Gasteiger partial charge >= 0.3 is 6.09 Å². The summed E-state index contributed by atoms with van der Waals surface area (Å²) in [6.07, 6.45) is 2.49. The van der Waals surface area contributed by atoms with Gasteiger partial charge in [0.05, 0.1) is 6.04 Å². The Labute approximate surface area is 147 Å². The van der Waals surface area contributed by atoms with Crippen molar-refractivity contribution < 1.29 is 14.6 Å². The number of aliphatic hydroxyl groups is 1. The van der Waals surface area contributed by atoms with Crippen LogP contribution in [0.1, 0.15) is 31.4 Å². The summed E-state index contributed by atoms with van der Waals surface area (Å²) >= 11 is 0. The SMILES string of the molecule is CC(c1ccc(-c2ccc(N)nc2)cc1)N1CCC(CCO)OC1=O. The van der Waals surface area contributed by atoms with Gasteiger partial charge in [-0.1, -0.05) is 24.3 Å². The van der Waals surface area contributed by atoms with Crippen LogP contribution in [-0.4, -0.2) is 40.3 Å². The van der Waals surface area contributed by atoms with Crippen molar-refractivity contribution in [3.8, 4) is 11.1 Å². The lowest BCUT2D eigenvalue weighted by atomic mass is 10.0. The Morgan fingerprint density at radius 1 is 1.28 bits per heavy atom. The molecule has 0 spiro atoms. The van der Waals surface area contributed by atoms with E-state index >= 15 is 0 Å². The van der Waals surface area contributed by atoms with Gasteiger partial charge in [0, 0.05) is 37.8 Å². The fourth-order valence-corrected chi connectivity index (χ4v) is 3.05. The number of aromatic nitrogens is 1. The highest BCUT2D eigenvalue weighted by Crippen LogP contribution is 2.28. The molecule has 6 nitrogen and oxygen atoms in total. The van der Waals surface area contributed by atoms with E-state index in [4.69, 9.17) is 15.6 Å². The molecule has 132 valence electrons. The van der Waals surface area contributed by atoms with Crippen molar-refractivity contribution in [2.75, 3.05) is 18.9 Å². The van der Waals surface area contributed by atoms with Gasteiger partial charge in [-0.2, -0.15) is 0 Å². The van der Waals surface area contributed by atoms with Gasteiger partial charge < -0.3 is 20.5 Å².